The topological polar surface area (TPSA) is 74.2 Å². The Morgan fingerprint density at radius 3 is 2.67 bits per heavy atom. The lowest BCUT2D eigenvalue weighted by atomic mass is 9.95. The van der Waals surface area contributed by atoms with E-state index < -0.39 is 0 Å². The van der Waals surface area contributed by atoms with Crippen LogP contribution in [0.5, 0.6) is 5.75 Å². The van der Waals surface area contributed by atoms with Crippen molar-refractivity contribution in [3.05, 3.63) is 30.2 Å². The van der Waals surface area contributed by atoms with Gasteiger partial charge in [-0.05, 0) is 37.1 Å². The molecule has 0 bridgehead atoms. The highest BCUT2D eigenvalue weighted by Gasteiger charge is 2.27. The van der Waals surface area contributed by atoms with Gasteiger partial charge < -0.3 is 15.0 Å². The molecule has 1 saturated carbocycles. The van der Waals surface area contributed by atoms with Gasteiger partial charge in [-0.1, -0.05) is 24.4 Å². The predicted molar refractivity (Wildman–Crippen MR) is 80.1 cm³/mol. The number of nitrogens with two attached hydrogens (primary N) is 1. The Bertz CT molecular complexity index is 579. The van der Waals surface area contributed by atoms with Crippen LogP contribution in [0.15, 0.2) is 28.8 Å². The van der Waals surface area contributed by atoms with E-state index in [0.29, 0.717) is 11.7 Å². The third-order valence-corrected chi connectivity index (χ3v) is 4.18. The summed E-state index contributed by atoms with van der Waals surface area (Å²) in [6, 6.07) is 7.77. The molecule has 5 nitrogen and oxygen atoms in total. The zero-order valence-electron chi connectivity index (χ0n) is 12.3. The minimum atomic E-state index is 0.122. The molecule has 2 aromatic rings. The van der Waals surface area contributed by atoms with Crippen LogP contribution in [-0.4, -0.2) is 23.3 Å². The fourth-order valence-corrected chi connectivity index (χ4v) is 2.89. The van der Waals surface area contributed by atoms with Crippen molar-refractivity contribution in [2.45, 2.75) is 44.1 Å². The average Bonchev–Trinajstić information content (AvgIpc) is 2.90. The molecule has 2 atom stereocenters. The van der Waals surface area contributed by atoms with Gasteiger partial charge in [0.25, 0.3) is 0 Å². The van der Waals surface area contributed by atoms with Gasteiger partial charge in [-0.3, -0.25) is 0 Å². The first-order chi connectivity index (χ1) is 10.3. The molecule has 1 fully saturated rings. The molecule has 1 aliphatic carbocycles. The van der Waals surface area contributed by atoms with E-state index >= 15 is 0 Å². The number of nitrogens with zero attached hydrogens (tertiary/aromatic N) is 2. The second kappa shape index (κ2) is 6.26. The molecule has 112 valence electrons. The highest BCUT2D eigenvalue weighted by molar-refractivity contribution is 5.55. The molecule has 0 amide bonds. The van der Waals surface area contributed by atoms with Crippen LogP contribution in [0, 0.1) is 0 Å². The van der Waals surface area contributed by atoms with E-state index in [1.807, 2.05) is 24.3 Å². The second-order valence-electron chi connectivity index (χ2n) is 5.59. The first-order valence-electron chi connectivity index (χ1n) is 7.51. The van der Waals surface area contributed by atoms with Gasteiger partial charge in [0.2, 0.25) is 11.7 Å². The molecule has 2 unspecified atom stereocenters. The van der Waals surface area contributed by atoms with Crippen LogP contribution in [-0.2, 0) is 0 Å². The van der Waals surface area contributed by atoms with Crippen molar-refractivity contribution in [1.29, 1.82) is 0 Å². The number of methoxy groups -OCH3 is 1. The smallest absolute Gasteiger partial charge is 0.231 e. The van der Waals surface area contributed by atoms with E-state index in [4.69, 9.17) is 15.0 Å². The molecule has 1 heterocycles. The van der Waals surface area contributed by atoms with Gasteiger partial charge in [-0.15, -0.1) is 0 Å². The van der Waals surface area contributed by atoms with Gasteiger partial charge in [0.05, 0.1) is 13.0 Å². The van der Waals surface area contributed by atoms with Gasteiger partial charge in [-0.25, -0.2) is 0 Å². The quantitative estimate of drug-likeness (QED) is 0.878. The van der Waals surface area contributed by atoms with E-state index in [1.54, 1.807) is 7.11 Å². The van der Waals surface area contributed by atoms with E-state index in [2.05, 4.69) is 10.1 Å². The highest BCUT2D eigenvalue weighted by atomic mass is 16.5. The van der Waals surface area contributed by atoms with Crippen LogP contribution in [0.3, 0.4) is 0 Å². The van der Waals surface area contributed by atoms with E-state index in [9.17, 15) is 0 Å². The van der Waals surface area contributed by atoms with Crippen molar-refractivity contribution in [3.63, 3.8) is 0 Å². The summed E-state index contributed by atoms with van der Waals surface area (Å²) in [4.78, 5) is 4.55. The summed E-state index contributed by atoms with van der Waals surface area (Å²) in [5, 5.41) is 4.10. The normalized spacial score (nSPS) is 22.8. The SMILES string of the molecule is COc1ccc(-c2noc(C3CCCCCC3N)n2)cc1. The Balaban J connectivity index is 1.81. The van der Waals surface area contributed by atoms with Crippen LogP contribution in [0.25, 0.3) is 11.4 Å². The maximum absolute atomic E-state index is 6.25. The molecule has 21 heavy (non-hydrogen) atoms. The van der Waals surface area contributed by atoms with Gasteiger partial charge in [0, 0.05) is 11.6 Å². The maximum atomic E-state index is 6.25. The molecule has 0 aliphatic heterocycles. The average molecular weight is 287 g/mol. The summed E-state index contributed by atoms with van der Waals surface area (Å²) in [6.45, 7) is 0. The van der Waals surface area contributed by atoms with E-state index in [0.717, 1.165) is 24.2 Å². The fraction of sp³-hybridized carbons (Fsp3) is 0.500. The Kier molecular flexibility index (Phi) is 4.20. The third-order valence-electron chi connectivity index (χ3n) is 4.18. The molecule has 1 aromatic carbocycles. The van der Waals surface area contributed by atoms with Crippen molar-refractivity contribution in [3.8, 4) is 17.1 Å². The van der Waals surface area contributed by atoms with Crippen molar-refractivity contribution in [1.82, 2.24) is 10.1 Å². The molecular weight excluding hydrogens is 266 g/mol. The summed E-state index contributed by atoms with van der Waals surface area (Å²) in [6.07, 6.45) is 5.68. The zero-order chi connectivity index (χ0) is 14.7. The molecule has 1 aliphatic rings. The molecule has 0 saturated heterocycles. The lowest BCUT2D eigenvalue weighted by molar-refractivity contribution is 0.326. The fourth-order valence-electron chi connectivity index (χ4n) is 2.89. The van der Waals surface area contributed by atoms with Crippen LogP contribution in [0.2, 0.25) is 0 Å². The number of rotatable bonds is 3. The predicted octanol–water partition coefficient (Wildman–Crippen LogP) is 3.12. The number of ether oxygens (including phenoxy) is 1. The molecular formula is C16H21N3O2. The van der Waals surface area contributed by atoms with Gasteiger partial charge >= 0.3 is 0 Å². The van der Waals surface area contributed by atoms with Crippen molar-refractivity contribution < 1.29 is 9.26 Å². The van der Waals surface area contributed by atoms with Crippen LogP contribution in [0.4, 0.5) is 0 Å². The molecule has 0 spiro atoms. The van der Waals surface area contributed by atoms with Crippen LogP contribution >= 0.6 is 0 Å². The van der Waals surface area contributed by atoms with E-state index in [-0.39, 0.29) is 12.0 Å². The number of hydrogen-bond acceptors (Lipinski definition) is 5. The monoisotopic (exact) mass is 287 g/mol. The summed E-state index contributed by atoms with van der Waals surface area (Å²) in [5.74, 6) is 2.29. The molecule has 3 rings (SSSR count). The first kappa shape index (κ1) is 14.1. The second-order valence-corrected chi connectivity index (χ2v) is 5.59. The Labute approximate surface area is 124 Å². The Morgan fingerprint density at radius 2 is 1.90 bits per heavy atom. The largest absolute Gasteiger partial charge is 0.497 e. The minimum Gasteiger partial charge on any atom is -0.497 e. The van der Waals surface area contributed by atoms with Crippen molar-refractivity contribution >= 4 is 0 Å². The van der Waals surface area contributed by atoms with Crippen LogP contribution in [0.1, 0.15) is 43.9 Å². The van der Waals surface area contributed by atoms with E-state index in [1.165, 1.54) is 19.3 Å². The molecule has 0 radical (unpaired) electrons. The Hall–Kier alpha value is -1.88. The maximum Gasteiger partial charge on any atom is 0.231 e. The van der Waals surface area contributed by atoms with Crippen molar-refractivity contribution in [2.24, 2.45) is 5.73 Å². The third kappa shape index (κ3) is 3.08. The summed E-state index contributed by atoms with van der Waals surface area (Å²) < 4.78 is 10.6. The highest BCUT2D eigenvalue weighted by Crippen LogP contribution is 2.31. The zero-order valence-corrected chi connectivity index (χ0v) is 12.3. The molecule has 1 aromatic heterocycles. The number of benzene rings is 1. The lowest BCUT2D eigenvalue weighted by Crippen LogP contribution is -2.27. The van der Waals surface area contributed by atoms with Gasteiger partial charge in [0.15, 0.2) is 0 Å². The molecule has 2 N–H and O–H groups in total. The number of hydrogen-bond donors (Lipinski definition) is 1. The number of aromatic nitrogens is 2. The lowest BCUT2D eigenvalue weighted by Gasteiger charge is -2.16. The minimum absolute atomic E-state index is 0.122. The summed E-state index contributed by atoms with van der Waals surface area (Å²) >= 11 is 0. The summed E-state index contributed by atoms with van der Waals surface area (Å²) in [7, 11) is 1.65. The summed E-state index contributed by atoms with van der Waals surface area (Å²) in [5.41, 5.74) is 7.18. The van der Waals surface area contributed by atoms with Crippen molar-refractivity contribution in [2.75, 3.05) is 7.11 Å². The Morgan fingerprint density at radius 1 is 1.14 bits per heavy atom. The molecule has 5 heteroatoms. The van der Waals surface area contributed by atoms with Crippen LogP contribution < -0.4 is 10.5 Å². The standard InChI is InChI=1S/C16H21N3O2/c1-20-12-9-7-11(8-10-12)15-18-16(21-19-15)13-5-3-2-4-6-14(13)17/h7-10,13-14H,2-6,17H2,1H3. The van der Waals surface area contributed by atoms with Gasteiger partial charge in [-0.2, -0.15) is 4.98 Å². The van der Waals surface area contributed by atoms with Gasteiger partial charge in [0.1, 0.15) is 5.75 Å². The first-order valence-corrected chi connectivity index (χ1v) is 7.51.